The summed E-state index contributed by atoms with van der Waals surface area (Å²) >= 11 is 0. The van der Waals surface area contributed by atoms with Crippen molar-refractivity contribution in [3.05, 3.63) is 0 Å². The summed E-state index contributed by atoms with van der Waals surface area (Å²) in [6.07, 6.45) is -3.31. The lowest BCUT2D eigenvalue weighted by atomic mass is 10.2. The number of esters is 8. The number of ether oxygens (including phenoxy) is 10. The van der Waals surface area contributed by atoms with Crippen LogP contribution in [0.25, 0.3) is 0 Å². The number of isocyanates is 2. The van der Waals surface area contributed by atoms with Gasteiger partial charge in [-0.1, -0.05) is 25.7 Å². The second-order valence-electron chi connectivity index (χ2n) is 15.1. The lowest BCUT2D eigenvalue weighted by Crippen LogP contribution is -2.37. The zero-order chi connectivity index (χ0) is 55.0. The molecule has 0 heterocycles. The van der Waals surface area contributed by atoms with Crippen molar-refractivity contribution in [1.29, 1.82) is 0 Å². The van der Waals surface area contributed by atoms with Crippen molar-refractivity contribution in [1.82, 2.24) is 10.6 Å². The van der Waals surface area contributed by atoms with Gasteiger partial charge >= 0.3 is 59.9 Å². The Morgan fingerprint density at radius 1 is 0.375 bits per heavy atom. The molecule has 0 spiro atoms. The number of nitrogens with one attached hydrogen (secondary N) is 2. The predicted octanol–water partition coefficient (Wildman–Crippen LogP) is 0.656. The largest absolute Gasteiger partial charge is 0.459 e. The molecule has 8 atom stereocenters. The molecule has 0 radical (unpaired) electrons. The van der Waals surface area contributed by atoms with Gasteiger partial charge in [0.2, 0.25) is 12.2 Å². The fourth-order valence-electron chi connectivity index (χ4n) is 4.63. The molecule has 0 bridgehead atoms. The number of hydrogen-bond acceptors (Lipinski definition) is 26. The van der Waals surface area contributed by atoms with Crippen LogP contribution in [0.5, 0.6) is 0 Å². The molecular formula is C44H68N4O24. The van der Waals surface area contributed by atoms with E-state index in [1.54, 1.807) is 0 Å². The van der Waals surface area contributed by atoms with Gasteiger partial charge < -0.3 is 68.2 Å². The summed E-state index contributed by atoms with van der Waals surface area (Å²) in [5.41, 5.74) is 0. The third-order valence-corrected chi connectivity index (χ3v) is 8.62. The summed E-state index contributed by atoms with van der Waals surface area (Å²) in [5, 5.41) is 22.9. The van der Waals surface area contributed by atoms with E-state index in [0.29, 0.717) is 39.0 Å². The molecule has 0 aromatic carbocycles. The van der Waals surface area contributed by atoms with Crippen LogP contribution < -0.4 is 10.6 Å². The first-order valence-corrected chi connectivity index (χ1v) is 22.8. The van der Waals surface area contributed by atoms with Crippen LogP contribution in [0.3, 0.4) is 0 Å². The van der Waals surface area contributed by atoms with Gasteiger partial charge in [-0.25, -0.2) is 67.5 Å². The van der Waals surface area contributed by atoms with Crippen molar-refractivity contribution in [3.8, 4) is 0 Å². The minimum Gasteiger partial charge on any atom is -0.459 e. The van der Waals surface area contributed by atoms with E-state index in [0.717, 1.165) is 38.5 Å². The molecule has 0 saturated heterocycles. The van der Waals surface area contributed by atoms with Gasteiger partial charge in [0.15, 0.2) is 36.6 Å². The number of carbonyl (C=O) groups is 10. The molecule has 0 aromatic rings. The molecular weight excluding hydrogens is 968 g/mol. The third-order valence-electron chi connectivity index (χ3n) is 8.62. The van der Waals surface area contributed by atoms with Crippen molar-refractivity contribution >= 4 is 72.1 Å². The lowest BCUT2D eigenvalue weighted by molar-refractivity contribution is -0.175. The van der Waals surface area contributed by atoms with E-state index in [1.165, 1.54) is 67.5 Å². The summed E-state index contributed by atoms with van der Waals surface area (Å²) in [6, 6.07) is 0. The number of carbonyl (C=O) groups excluding carboxylic acids is 12. The van der Waals surface area contributed by atoms with Crippen molar-refractivity contribution in [3.63, 3.8) is 0 Å². The minimum atomic E-state index is -1.37. The number of aliphatic imine (C=N–C) groups is 2. The zero-order valence-electron chi connectivity index (χ0n) is 41.7. The molecule has 408 valence electrons. The fraction of sp³-hybridized carbons (Fsp3) is 0.727. The number of alkyl carbamates (subject to hydrolysis) is 2. The Labute approximate surface area is 415 Å². The van der Waals surface area contributed by atoms with Crippen LogP contribution in [0, 0.1) is 0 Å². The van der Waals surface area contributed by atoms with Crippen molar-refractivity contribution in [2.75, 3.05) is 52.6 Å². The van der Waals surface area contributed by atoms with Crippen LogP contribution in [0.4, 0.5) is 9.59 Å². The highest BCUT2D eigenvalue weighted by atomic mass is 16.7. The Kier molecular flexibility index (Phi) is 37.9. The van der Waals surface area contributed by atoms with Crippen molar-refractivity contribution < 1.29 is 115 Å². The average molecular weight is 1040 g/mol. The Bertz CT molecular complexity index is 1690. The first kappa shape index (κ1) is 67.1. The first-order valence-electron chi connectivity index (χ1n) is 22.8. The van der Waals surface area contributed by atoms with Crippen LogP contribution >= 0.6 is 0 Å². The van der Waals surface area contributed by atoms with Gasteiger partial charge in [-0.3, -0.25) is 0 Å². The Morgan fingerprint density at radius 2 is 0.625 bits per heavy atom. The SMILES string of the molecule is CC(O)C(=O)OC(C)C(=O)OCCOC(=O)C(C)OC(=O)C(C)O.CC(OC(=O)NCCCCCCN=C=O)C(=O)OC(C)C(=O)OCCOC(=O)C(C)OC(=O)C(C)OC(=O)NCCCCCCN=C=O. The molecule has 0 aliphatic rings. The normalized spacial score (nSPS) is 13.6. The van der Waals surface area contributed by atoms with Crippen LogP contribution in [0.1, 0.15) is 107 Å². The van der Waals surface area contributed by atoms with E-state index in [1.807, 2.05) is 0 Å². The summed E-state index contributed by atoms with van der Waals surface area (Å²) < 4.78 is 48.2. The zero-order valence-corrected chi connectivity index (χ0v) is 41.7. The molecule has 8 unspecified atom stereocenters. The van der Waals surface area contributed by atoms with Crippen LogP contribution in [0.15, 0.2) is 9.98 Å². The van der Waals surface area contributed by atoms with Gasteiger partial charge in [0.05, 0.1) is 13.1 Å². The predicted molar refractivity (Wildman–Crippen MR) is 240 cm³/mol. The highest BCUT2D eigenvalue weighted by Gasteiger charge is 2.28. The number of nitrogens with zero attached hydrogens (tertiary/aromatic N) is 2. The molecule has 0 saturated carbocycles. The molecule has 4 N–H and O–H groups in total. The second kappa shape index (κ2) is 40.7. The van der Waals surface area contributed by atoms with E-state index in [4.69, 9.17) is 48.1 Å². The van der Waals surface area contributed by atoms with Gasteiger partial charge in [0, 0.05) is 13.1 Å². The van der Waals surface area contributed by atoms with E-state index >= 15 is 0 Å². The first-order chi connectivity index (χ1) is 34.0. The second-order valence-corrected chi connectivity index (χ2v) is 15.1. The molecule has 72 heavy (non-hydrogen) atoms. The summed E-state index contributed by atoms with van der Waals surface area (Å²) in [5.74, 6) is -7.59. The van der Waals surface area contributed by atoms with Crippen LogP contribution in [-0.2, 0) is 95.3 Å². The van der Waals surface area contributed by atoms with Crippen molar-refractivity contribution in [2.24, 2.45) is 9.98 Å². The minimum absolute atomic E-state index is 0.307. The molecule has 0 aliphatic carbocycles. The maximum absolute atomic E-state index is 12.2. The monoisotopic (exact) mass is 1040 g/mol. The van der Waals surface area contributed by atoms with E-state index in [9.17, 15) is 57.5 Å². The number of aliphatic hydroxyl groups excluding tert-OH is 2. The smallest absolute Gasteiger partial charge is 0.407 e. The topological polar surface area (TPSA) is 386 Å². The maximum atomic E-state index is 12.2. The highest BCUT2D eigenvalue weighted by molar-refractivity contribution is 5.84. The Hall–Kier alpha value is -7.02. The summed E-state index contributed by atoms with van der Waals surface area (Å²) in [4.78, 5) is 144. The number of unbranched alkanes of at least 4 members (excludes halogenated alkanes) is 6. The van der Waals surface area contributed by atoms with Gasteiger partial charge in [0.25, 0.3) is 0 Å². The van der Waals surface area contributed by atoms with E-state index < -0.39 is 122 Å². The van der Waals surface area contributed by atoms with Gasteiger partial charge in [-0.2, -0.15) is 0 Å². The molecule has 28 heteroatoms. The number of hydrogen-bond donors (Lipinski definition) is 4. The molecule has 0 fully saturated rings. The quantitative estimate of drug-likeness (QED) is 0.0226. The third kappa shape index (κ3) is 35.1. The standard InChI is InChI=1S/C30H46N4O14.C14H22O10/c1-21(45-27(39)23(3)47-29(41)33-15-11-7-5-9-13-31-19-35)25(37)43-17-18-44-26(38)22(2)46-28(40)24(4)48-30(42)34-16-12-8-6-10-14-32-20-36;1-7(15)11(17)23-9(3)13(19)21-5-6-22-14(20)10(4)24-12(18)8(2)16/h21-24H,5-18H2,1-4H3,(H,33,41)(H,34,42);7-10,15-16H,5-6H2,1-4H3. The number of amides is 2. The van der Waals surface area contributed by atoms with Crippen LogP contribution in [-0.4, -0.2) is 184 Å². The van der Waals surface area contributed by atoms with E-state index in [-0.39, 0.29) is 13.2 Å². The fourth-order valence-corrected chi connectivity index (χ4v) is 4.63. The van der Waals surface area contributed by atoms with Crippen LogP contribution in [0.2, 0.25) is 0 Å². The number of aliphatic hydroxyl groups is 2. The van der Waals surface area contributed by atoms with Gasteiger partial charge in [0.1, 0.15) is 38.6 Å². The molecule has 0 aromatic heterocycles. The maximum Gasteiger partial charge on any atom is 0.407 e. The summed E-state index contributed by atoms with van der Waals surface area (Å²) in [6.45, 7) is 9.90. The average Bonchev–Trinajstić information content (AvgIpc) is 3.32. The molecule has 28 nitrogen and oxygen atoms in total. The lowest BCUT2D eigenvalue weighted by Gasteiger charge is -2.18. The van der Waals surface area contributed by atoms with Gasteiger partial charge in [-0.15, -0.1) is 0 Å². The highest BCUT2D eigenvalue weighted by Crippen LogP contribution is 2.06. The summed E-state index contributed by atoms with van der Waals surface area (Å²) in [7, 11) is 0. The molecule has 0 rings (SSSR count). The molecule has 0 aliphatic heterocycles. The number of rotatable bonds is 34. The van der Waals surface area contributed by atoms with Crippen molar-refractivity contribution in [2.45, 2.75) is 156 Å². The van der Waals surface area contributed by atoms with E-state index in [2.05, 4.69) is 30.1 Å². The molecule has 2 amide bonds. The Balaban J connectivity index is 0. The Morgan fingerprint density at radius 3 is 0.889 bits per heavy atom. The van der Waals surface area contributed by atoms with Gasteiger partial charge in [-0.05, 0) is 81.1 Å².